The molecule has 2 atom stereocenters. The van der Waals surface area contributed by atoms with E-state index in [2.05, 4.69) is 0 Å². The van der Waals surface area contributed by atoms with Gasteiger partial charge in [-0.2, -0.15) is 0 Å². The third-order valence-corrected chi connectivity index (χ3v) is 6.27. The Kier molecular flexibility index (Phi) is 5.61. The molecule has 0 saturated carbocycles. The zero-order chi connectivity index (χ0) is 22.8. The average Bonchev–Trinajstić information content (AvgIpc) is 3.13. The number of ketones is 1. The fourth-order valence-electron chi connectivity index (χ4n) is 4.48. The molecule has 3 aromatic carbocycles. The van der Waals surface area contributed by atoms with Crippen LogP contribution in [0.3, 0.4) is 0 Å². The van der Waals surface area contributed by atoms with E-state index in [4.69, 9.17) is 4.74 Å². The van der Waals surface area contributed by atoms with Gasteiger partial charge in [0.2, 0.25) is 11.8 Å². The second kappa shape index (κ2) is 8.87. The third-order valence-electron chi connectivity index (χ3n) is 6.27. The van der Waals surface area contributed by atoms with Crippen molar-refractivity contribution in [3.05, 3.63) is 96.6 Å². The number of nitrogens with zero attached hydrogens (tertiary/aromatic N) is 1. The first-order valence-electron chi connectivity index (χ1n) is 11.1. The Bertz CT molecular complexity index is 1200. The lowest BCUT2D eigenvalue weighted by Gasteiger charge is -2.16. The SMILES string of the molecule is O=C(COc1cccc(N2C(=O)[C@H]3CC=CC[C@H]3C2=O)c1)c1ccc(-c2ccccc2)cc1. The van der Waals surface area contributed by atoms with E-state index in [9.17, 15) is 14.4 Å². The summed E-state index contributed by atoms with van der Waals surface area (Å²) in [6.45, 7) is -0.134. The largest absolute Gasteiger partial charge is 0.485 e. The molecule has 0 aromatic heterocycles. The van der Waals surface area contributed by atoms with Crippen LogP contribution in [-0.2, 0) is 9.59 Å². The Morgan fingerprint density at radius 3 is 2.09 bits per heavy atom. The zero-order valence-electron chi connectivity index (χ0n) is 18.0. The zero-order valence-corrected chi connectivity index (χ0v) is 18.0. The molecule has 3 aromatic rings. The molecule has 1 aliphatic carbocycles. The number of carbonyl (C=O) groups excluding carboxylic acids is 3. The first-order valence-corrected chi connectivity index (χ1v) is 11.1. The van der Waals surface area contributed by atoms with Crippen molar-refractivity contribution in [2.45, 2.75) is 12.8 Å². The van der Waals surface area contributed by atoms with Gasteiger partial charge in [0.1, 0.15) is 5.75 Å². The van der Waals surface area contributed by atoms with Crippen molar-refractivity contribution in [1.82, 2.24) is 0 Å². The maximum absolute atomic E-state index is 12.8. The molecule has 0 radical (unpaired) electrons. The number of ether oxygens (including phenoxy) is 1. The summed E-state index contributed by atoms with van der Waals surface area (Å²) in [5, 5.41) is 0. The van der Waals surface area contributed by atoms with Crippen LogP contribution >= 0.6 is 0 Å². The molecule has 1 saturated heterocycles. The number of amides is 2. The minimum atomic E-state index is -0.285. The molecule has 1 aliphatic heterocycles. The Labute approximate surface area is 192 Å². The maximum Gasteiger partial charge on any atom is 0.238 e. The van der Waals surface area contributed by atoms with Crippen LogP contribution in [0.1, 0.15) is 23.2 Å². The van der Waals surface area contributed by atoms with Gasteiger partial charge in [-0.3, -0.25) is 14.4 Å². The van der Waals surface area contributed by atoms with Crippen molar-refractivity contribution in [3.8, 4) is 16.9 Å². The molecule has 0 bridgehead atoms. The molecule has 0 spiro atoms. The number of carbonyl (C=O) groups is 3. The number of imide groups is 1. The Morgan fingerprint density at radius 2 is 1.42 bits per heavy atom. The van der Waals surface area contributed by atoms with Gasteiger partial charge >= 0.3 is 0 Å². The van der Waals surface area contributed by atoms with Crippen molar-refractivity contribution < 1.29 is 19.1 Å². The summed E-state index contributed by atoms with van der Waals surface area (Å²) in [5.74, 6) is -0.608. The minimum absolute atomic E-state index is 0.134. The standard InChI is InChI=1S/C28H23NO4/c30-26(21-15-13-20(14-16-21)19-7-2-1-3-8-19)18-33-23-10-6-9-22(17-23)29-27(31)24-11-4-5-12-25(24)28(29)32/h1-10,13-17,24-25H,11-12,18H2/t24-,25+. The summed E-state index contributed by atoms with van der Waals surface area (Å²) in [5.41, 5.74) is 3.17. The van der Waals surface area contributed by atoms with E-state index in [1.807, 2.05) is 54.6 Å². The molecule has 33 heavy (non-hydrogen) atoms. The number of hydrogen-bond donors (Lipinski definition) is 0. The van der Waals surface area contributed by atoms with E-state index >= 15 is 0 Å². The van der Waals surface area contributed by atoms with Crippen LogP contribution in [0.2, 0.25) is 0 Å². The van der Waals surface area contributed by atoms with Crippen molar-refractivity contribution >= 4 is 23.3 Å². The van der Waals surface area contributed by atoms with Gasteiger partial charge in [-0.15, -0.1) is 0 Å². The van der Waals surface area contributed by atoms with Gasteiger partial charge in [-0.1, -0.05) is 72.8 Å². The van der Waals surface area contributed by atoms with Crippen LogP contribution < -0.4 is 9.64 Å². The topological polar surface area (TPSA) is 63.7 Å². The van der Waals surface area contributed by atoms with Crippen LogP contribution in [0.5, 0.6) is 5.75 Å². The van der Waals surface area contributed by atoms with E-state index in [-0.39, 0.29) is 36.0 Å². The molecule has 2 amide bonds. The number of Topliss-reactive ketones (excluding diaryl/α,β-unsaturated/α-hetero) is 1. The molecule has 1 heterocycles. The van der Waals surface area contributed by atoms with Crippen LogP contribution in [0.15, 0.2) is 91.0 Å². The van der Waals surface area contributed by atoms with Gasteiger partial charge in [0, 0.05) is 11.6 Å². The summed E-state index contributed by atoms with van der Waals surface area (Å²) in [4.78, 5) is 39.5. The molecule has 5 rings (SSSR count). The quantitative estimate of drug-likeness (QED) is 0.307. The lowest BCUT2D eigenvalue weighted by Crippen LogP contribution is -2.30. The molecule has 5 nitrogen and oxygen atoms in total. The minimum Gasteiger partial charge on any atom is -0.485 e. The van der Waals surface area contributed by atoms with Gasteiger partial charge in [0.25, 0.3) is 0 Å². The Morgan fingerprint density at radius 1 is 0.788 bits per heavy atom. The van der Waals surface area contributed by atoms with Crippen LogP contribution in [0, 0.1) is 11.8 Å². The predicted molar refractivity (Wildman–Crippen MR) is 126 cm³/mol. The second-order valence-corrected chi connectivity index (χ2v) is 8.32. The summed E-state index contributed by atoms with van der Waals surface area (Å²) in [6.07, 6.45) is 5.12. The lowest BCUT2D eigenvalue weighted by atomic mass is 9.85. The van der Waals surface area contributed by atoms with E-state index in [0.29, 0.717) is 29.8 Å². The molecular formula is C28H23NO4. The first kappa shape index (κ1) is 20.9. The average molecular weight is 437 g/mol. The highest BCUT2D eigenvalue weighted by Gasteiger charge is 2.47. The van der Waals surface area contributed by atoms with E-state index in [1.54, 1.807) is 36.4 Å². The summed E-state index contributed by atoms with van der Waals surface area (Å²) < 4.78 is 5.72. The van der Waals surface area contributed by atoms with E-state index < -0.39 is 0 Å². The highest BCUT2D eigenvalue weighted by atomic mass is 16.5. The van der Waals surface area contributed by atoms with Crippen molar-refractivity contribution in [2.75, 3.05) is 11.5 Å². The van der Waals surface area contributed by atoms with Gasteiger partial charge in [-0.05, 0) is 36.1 Å². The Balaban J connectivity index is 1.25. The lowest BCUT2D eigenvalue weighted by molar-refractivity contribution is -0.122. The van der Waals surface area contributed by atoms with Crippen LogP contribution in [0.4, 0.5) is 5.69 Å². The number of fused-ring (bicyclic) bond motifs is 1. The smallest absolute Gasteiger partial charge is 0.238 e. The van der Waals surface area contributed by atoms with Gasteiger partial charge in [-0.25, -0.2) is 4.90 Å². The summed E-state index contributed by atoms with van der Waals surface area (Å²) >= 11 is 0. The highest BCUT2D eigenvalue weighted by molar-refractivity contribution is 6.22. The fraction of sp³-hybridized carbons (Fsp3) is 0.179. The fourth-order valence-corrected chi connectivity index (χ4v) is 4.48. The number of anilines is 1. The molecule has 0 N–H and O–H groups in total. The number of benzene rings is 3. The number of allylic oxidation sites excluding steroid dienone is 2. The van der Waals surface area contributed by atoms with Crippen molar-refractivity contribution in [2.24, 2.45) is 11.8 Å². The first-order chi connectivity index (χ1) is 16.1. The molecule has 1 fully saturated rings. The maximum atomic E-state index is 12.8. The molecule has 5 heteroatoms. The van der Waals surface area contributed by atoms with Crippen LogP contribution in [-0.4, -0.2) is 24.2 Å². The van der Waals surface area contributed by atoms with Gasteiger partial charge in [0.05, 0.1) is 17.5 Å². The van der Waals surface area contributed by atoms with Gasteiger partial charge < -0.3 is 4.74 Å². The van der Waals surface area contributed by atoms with Crippen molar-refractivity contribution in [1.29, 1.82) is 0 Å². The normalized spacial score (nSPS) is 19.5. The molecule has 2 aliphatic rings. The number of hydrogen-bond acceptors (Lipinski definition) is 4. The predicted octanol–water partition coefficient (Wildman–Crippen LogP) is 5.07. The highest BCUT2D eigenvalue weighted by Crippen LogP contribution is 2.38. The van der Waals surface area contributed by atoms with E-state index in [0.717, 1.165) is 11.1 Å². The Hall–Kier alpha value is -3.99. The summed E-state index contributed by atoms with van der Waals surface area (Å²) in [6, 6.07) is 24.2. The van der Waals surface area contributed by atoms with Crippen LogP contribution in [0.25, 0.3) is 11.1 Å². The van der Waals surface area contributed by atoms with E-state index in [1.165, 1.54) is 4.90 Å². The number of rotatable bonds is 6. The third kappa shape index (κ3) is 4.10. The molecular weight excluding hydrogens is 414 g/mol. The van der Waals surface area contributed by atoms with Crippen molar-refractivity contribution in [3.63, 3.8) is 0 Å². The molecule has 164 valence electrons. The van der Waals surface area contributed by atoms with Gasteiger partial charge in [0.15, 0.2) is 12.4 Å². The second-order valence-electron chi connectivity index (χ2n) is 8.32. The monoisotopic (exact) mass is 437 g/mol. The summed E-state index contributed by atoms with van der Waals surface area (Å²) in [7, 11) is 0. The molecule has 0 unspecified atom stereocenters.